The van der Waals surface area contributed by atoms with Gasteiger partial charge in [-0.1, -0.05) is 25.5 Å². The SMILES string of the molecule is COCCCNC(=O)[C@H]1[C@@H](C=C(C)C)C1(C)C. The third-order valence-electron chi connectivity index (χ3n) is 3.53. The van der Waals surface area contributed by atoms with E-state index >= 15 is 0 Å². The summed E-state index contributed by atoms with van der Waals surface area (Å²) in [4.78, 5) is 12.0. The van der Waals surface area contributed by atoms with Crippen molar-refractivity contribution >= 4 is 5.91 Å². The van der Waals surface area contributed by atoms with Crippen LogP contribution in [0.3, 0.4) is 0 Å². The topological polar surface area (TPSA) is 38.3 Å². The summed E-state index contributed by atoms with van der Waals surface area (Å²) in [5.41, 5.74) is 1.40. The third kappa shape index (κ3) is 3.56. The highest BCUT2D eigenvalue weighted by Crippen LogP contribution is 2.59. The molecule has 0 saturated heterocycles. The second-order valence-electron chi connectivity index (χ2n) is 5.71. The van der Waals surface area contributed by atoms with Crippen molar-refractivity contribution in [2.75, 3.05) is 20.3 Å². The van der Waals surface area contributed by atoms with E-state index in [4.69, 9.17) is 4.74 Å². The first kappa shape index (κ1) is 14.2. The molecule has 17 heavy (non-hydrogen) atoms. The molecule has 0 aromatic carbocycles. The molecule has 1 aliphatic rings. The molecule has 1 saturated carbocycles. The van der Waals surface area contributed by atoms with Gasteiger partial charge in [0.2, 0.25) is 5.91 Å². The van der Waals surface area contributed by atoms with Gasteiger partial charge in [0.25, 0.3) is 0 Å². The van der Waals surface area contributed by atoms with Crippen LogP contribution in [0.1, 0.15) is 34.1 Å². The number of methoxy groups -OCH3 is 1. The average Bonchev–Trinajstić information content (AvgIpc) is 2.74. The Kier molecular flexibility index (Phi) is 4.75. The molecule has 0 aliphatic heterocycles. The number of carbonyl (C=O) groups is 1. The molecular formula is C14H25NO2. The molecule has 1 fully saturated rings. The van der Waals surface area contributed by atoms with Crippen LogP contribution in [0.2, 0.25) is 0 Å². The van der Waals surface area contributed by atoms with E-state index in [1.54, 1.807) is 7.11 Å². The molecule has 0 bridgehead atoms. The number of carbonyl (C=O) groups excluding carboxylic acids is 1. The van der Waals surface area contributed by atoms with Crippen LogP contribution in [0.25, 0.3) is 0 Å². The van der Waals surface area contributed by atoms with Crippen LogP contribution >= 0.6 is 0 Å². The van der Waals surface area contributed by atoms with Crippen molar-refractivity contribution in [3.63, 3.8) is 0 Å². The fourth-order valence-corrected chi connectivity index (χ4v) is 2.39. The van der Waals surface area contributed by atoms with Crippen LogP contribution in [0, 0.1) is 17.3 Å². The van der Waals surface area contributed by atoms with E-state index in [1.165, 1.54) is 5.57 Å². The molecule has 0 aromatic rings. The van der Waals surface area contributed by atoms with Crippen molar-refractivity contribution in [3.05, 3.63) is 11.6 Å². The molecule has 0 aromatic heterocycles. The van der Waals surface area contributed by atoms with E-state index in [-0.39, 0.29) is 17.2 Å². The quantitative estimate of drug-likeness (QED) is 0.571. The highest BCUT2D eigenvalue weighted by molar-refractivity contribution is 5.83. The van der Waals surface area contributed by atoms with Gasteiger partial charge in [-0.3, -0.25) is 4.79 Å². The summed E-state index contributed by atoms with van der Waals surface area (Å²) >= 11 is 0. The van der Waals surface area contributed by atoms with Crippen LogP contribution in [0.4, 0.5) is 0 Å². The van der Waals surface area contributed by atoms with E-state index in [0.717, 1.165) is 6.42 Å². The fourth-order valence-electron chi connectivity index (χ4n) is 2.39. The zero-order valence-corrected chi connectivity index (χ0v) is 11.7. The second kappa shape index (κ2) is 5.67. The number of ether oxygens (including phenoxy) is 1. The molecule has 3 heteroatoms. The Morgan fingerprint density at radius 3 is 2.59 bits per heavy atom. The summed E-state index contributed by atoms with van der Waals surface area (Å²) in [6.45, 7) is 9.91. The molecule has 0 radical (unpaired) electrons. The molecule has 0 spiro atoms. The highest BCUT2D eigenvalue weighted by atomic mass is 16.5. The monoisotopic (exact) mass is 239 g/mol. The normalized spacial score (nSPS) is 25.2. The van der Waals surface area contributed by atoms with Crippen LogP contribution in [0.5, 0.6) is 0 Å². The summed E-state index contributed by atoms with van der Waals surface area (Å²) < 4.78 is 4.95. The van der Waals surface area contributed by atoms with Gasteiger partial charge in [0.15, 0.2) is 0 Å². The minimum atomic E-state index is 0.114. The van der Waals surface area contributed by atoms with Gasteiger partial charge in [0.1, 0.15) is 0 Å². The van der Waals surface area contributed by atoms with Crippen molar-refractivity contribution in [1.82, 2.24) is 5.32 Å². The van der Waals surface area contributed by atoms with Gasteiger partial charge >= 0.3 is 0 Å². The van der Waals surface area contributed by atoms with Crippen molar-refractivity contribution in [3.8, 4) is 0 Å². The molecule has 1 aliphatic carbocycles. The molecule has 3 nitrogen and oxygen atoms in total. The Morgan fingerprint density at radius 1 is 1.41 bits per heavy atom. The smallest absolute Gasteiger partial charge is 0.224 e. The van der Waals surface area contributed by atoms with E-state index in [2.05, 4.69) is 39.1 Å². The molecule has 98 valence electrons. The predicted octanol–water partition coefficient (Wildman–Crippen LogP) is 2.38. The first-order valence-electron chi connectivity index (χ1n) is 6.33. The van der Waals surface area contributed by atoms with Crippen molar-refractivity contribution in [2.24, 2.45) is 17.3 Å². The zero-order chi connectivity index (χ0) is 13.1. The molecule has 1 N–H and O–H groups in total. The standard InChI is InChI=1S/C14H25NO2/c1-10(2)9-11-12(14(11,3)4)13(16)15-7-6-8-17-5/h9,11-12H,6-8H2,1-5H3,(H,15,16)/t11-,12-/m1/s1. The number of hydrogen-bond donors (Lipinski definition) is 1. The van der Waals surface area contributed by atoms with Gasteiger partial charge in [0, 0.05) is 20.3 Å². The number of amides is 1. The number of allylic oxidation sites excluding steroid dienone is 2. The molecule has 2 atom stereocenters. The van der Waals surface area contributed by atoms with Crippen molar-refractivity contribution in [1.29, 1.82) is 0 Å². The number of rotatable bonds is 6. The Labute approximate surface area is 105 Å². The summed E-state index contributed by atoms with van der Waals surface area (Å²) in [5, 5.41) is 2.99. The van der Waals surface area contributed by atoms with Gasteiger partial charge in [-0.25, -0.2) is 0 Å². The largest absolute Gasteiger partial charge is 0.385 e. The minimum Gasteiger partial charge on any atom is -0.385 e. The summed E-state index contributed by atoms with van der Waals surface area (Å²) in [7, 11) is 1.68. The number of hydrogen-bond acceptors (Lipinski definition) is 2. The average molecular weight is 239 g/mol. The highest BCUT2D eigenvalue weighted by Gasteiger charge is 2.60. The third-order valence-corrected chi connectivity index (χ3v) is 3.53. The van der Waals surface area contributed by atoms with E-state index in [0.29, 0.717) is 19.1 Å². The van der Waals surface area contributed by atoms with Gasteiger partial charge in [-0.05, 0) is 31.6 Å². The fraction of sp³-hybridized carbons (Fsp3) is 0.786. The summed E-state index contributed by atoms with van der Waals surface area (Å²) in [5.74, 6) is 0.725. The van der Waals surface area contributed by atoms with Gasteiger partial charge in [-0.15, -0.1) is 0 Å². The lowest BCUT2D eigenvalue weighted by Gasteiger charge is -2.05. The number of nitrogens with one attached hydrogen (secondary N) is 1. The Bertz CT molecular complexity index is 303. The van der Waals surface area contributed by atoms with E-state index in [1.807, 2.05) is 0 Å². The Morgan fingerprint density at radius 2 is 2.06 bits per heavy atom. The zero-order valence-electron chi connectivity index (χ0n) is 11.7. The molecular weight excluding hydrogens is 214 g/mol. The van der Waals surface area contributed by atoms with Crippen LogP contribution in [-0.4, -0.2) is 26.2 Å². The maximum atomic E-state index is 12.0. The van der Waals surface area contributed by atoms with E-state index < -0.39 is 0 Å². The van der Waals surface area contributed by atoms with Gasteiger partial charge in [0.05, 0.1) is 5.92 Å². The minimum absolute atomic E-state index is 0.114. The Balaban J connectivity index is 2.41. The first-order chi connectivity index (χ1) is 7.91. The Hall–Kier alpha value is -0.830. The molecule has 1 amide bonds. The van der Waals surface area contributed by atoms with Crippen molar-refractivity contribution in [2.45, 2.75) is 34.1 Å². The van der Waals surface area contributed by atoms with Crippen LogP contribution in [-0.2, 0) is 9.53 Å². The predicted molar refractivity (Wildman–Crippen MR) is 69.7 cm³/mol. The van der Waals surface area contributed by atoms with Crippen molar-refractivity contribution < 1.29 is 9.53 Å². The summed E-state index contributed by atoms with van der Waals surface area (Å²) in [6.07, 6.45) is 3.10. The van der Waals surface area contributed by atoms with Gasteiger partial charge < -0.3 is 10.1 Å². The maximum Gasteiger partial charge on any atom is 0.224 e. The lowest BCUT2D eigenvalue weighted by molar-refractivity contribution is -0.123. The van der Waals surface area contributed by atoms with Crippen LogP contribution in [0.15, 0.2) is 11.6 Å². The molecule has 0 heterocycles. The molecule has 0 unspecified atom stereocenters. The van der Waals surface area contributed by atoms with E-state index in [9.17, 15) is 4.79 Å². The molecule has 1 rings (SSSR count). The first-order valence-corrected chi connectivity index (χ1v) is 6.33. The van der Waals surface area contributed by atoms with Crippen LogP contribution < -0.4 is 5.32 Å². The summed E-state index contributed by atoms with van der Waals surface area (Å²) in [6, 6.07) is 0. The maximum absolute atomic E-state index is 12.0. The second-order valence-corrected chi connectivity index (χ2v) is 5.71. The lowest BCUT2D eigenvalue weighted by Crippen LogP contribution is -2.28. The lowest BCUT2D eigenvalue weighted by atomic mass is 10.1. The van der Waals surface area contributed by atoms with Gasteiger partial charge in [-0.2, -0.15) is 0 Å².